The Morgan fingerprint density at radius 2 is 0.947 bits per heavy atom. The molecule has 0 radical (unpaired) electrons. The molecule has 11 aromatic rings. The van der Waals surface area contributed by atoms with Gasteiger partial charge in [-0.25, -0.2) is 4.98 Å². The zero-order chi connectivity index (χ0) is 37.7. The van der Waals surface area contributed by atoms with Crippen LogP contribution in [-0.4, -0.2) is 9.55 Å². The molecular weight excluding hydrogens is 712 g/mol. The van der Waals surface area contributed by atoms with Gasteiger partial charge in [-0.05, 0) is 95.7 Å². The van der Waals surface area contributed by atoms with Gasteiger partial charge in [0.2, 0.25) is 0 Å². The molecule has 0 N–H and O–H groups in total. The predicted octanol–water partition coefficient (Wildman–Crippen LogP) is 12.6. The molecule has 1 aliphatic heterocycles. The van der Waals surface area contributed by atoms with Crippen molar-refractivity contribution in [2.45, 2.75) is 0 Å². The summed E-state index contributed by atoms with van der Waals surface area (Å²) in [5.41, 5.74) is 8.47. The minimum atomic E-state index is -3.20. The molecule has 1 aromatic heterocycles. The number of hydrogen-bond acceptors (Lipinski definition) is 2. The standard InChI is InChI=1S/C53H33N2OP/c56-57(37-19-2-1-3-20-37)48-29-11-10-28-47(48)55-52-46(27-14-30-49(52)57)54-53(55)36-31-32-44-45(33-36)51(41-26-13-18-35-16-5-7-22-39(35)41)43-24-9-8-23-42(43)50(44)40-25-12-17-34-15-4-6-21-38(34)40/h1-33H. The Balaban J connectivity index is 1.22. The Kier molecular flexibility index (Phi) is 6.90. The summed E-state index contributed by atoms with van der Waals surface area (Å²) in [6.07, 6.45) is 0. The zero-order valence-electron chi connectivity index (χ0n) is 30.8. The average molecular weight is 745 g/mol. The average Bonchev–Trinajstić information content (AvgIpc) is 3.68. The van der Waals surface area contributed by atoms with E-state index in [9.17, 15) is 0 Å². The van der Waals surface area contributed by atoms with E-state index in [2.05, 4.69) is 144 Å². The zero-order valence-corrected chi connectivity index (χ0v) is 31.7. The highest BCUT2D eigenvalue weighted by molar-refractivity contribution is 7.86. The third kappa shape index (κ3) is 4.55. The van der Waals surface area contributed by atoms with Gasteiger partial charge in [0.05, 0.1) is 16.7 Å². The summed E-state index contributed by atoms with van der Waals surface area (Å²) in [5.74, 6) is 0.829. The Labute approximate surface area is 329 Å². The fourth-order valence-electron chi connectivity index (χ4n) is 9.54. The van der Waals surface area contributed by atoms with Gasteiger partial charge in [-0.15, -0.1) is 0 Å². The lowest BCUT2D eigenvalue weighted by Gasteiger charge is -2.29. The van der Waals surface area contributed by atoms with Gasteiger partial charge in [0.25, 0.3) is 0 Å². The van der Waals surface area contributed by atoms with E-state index in [1.165, 1.54) is 60.0 Å². The van der Waals surface area contributed by atoms with E-state index >= 15 is 4.57 Å². The summed E-state index contributed by atoms with van der Waals surface area (Å²) in [5, 5.41) is 12.1. The number of imidazole rings is 1. The van der Waals surface area contributed by atoms with Crippen molar-refractivity contribution < 1.29 is 4.57 Å². The summed E-state index contributed by atoms with van der Waals surface area (Å²) in [7, 11) is -3.20. The highest BCUT2D eigenvalue weighted by atomic mass is 31.2. The SMILES string of the molecule is O=P1(c2ccccc2)c2ccccc2-n2c(-c3ccc4c(-c5cccc6ccccc56)c5ccccc5c(-c5cccc6ccccc56)c4c3)nc3cccc1c32. The van der Waals surface area contributed by atoms with E-state index in [0.717, 1.165) is 49.4 Å². The van der Waals surface area contributed by atoms with E-state index in [1.54, 1.807) is 0 Å². The van der Waals surface area contributed by atoms with E-state index in [4.69, 9.17) is 4.98 Å². The number of aromatic nitrogens is 2. The largest absolute Gasteiger partial charge is 0.308 e. The number of nitrogens with zero attached hydrogens (tertiary/aromatic N) is 2. The maximum Gasteiger partial charge on any atom is 0.175 e. The van der Waals surface area contributed by atoms with Gasteiger partial charge in [0.15, 0.2) is 7.14 Å². The third-order valence-electron chi connectivity index (χ3n) is 12.0. The molecule has 0 bridgehead atoms. The lowest BCUT2D eigenvalue weighted by Crippen LogP contribution is -2.32. The molecule has 1 aliphatic rings. The van der Waals surface area contributed by atoms with E-state index in [1.807, 2.05) is 60.7 Å². The van der Waals surface area contributed by atoms with Gasteiger partial charge in [-0.3, -0.25) is 4.57 Å². The van der Waals surface area contributed by atoms with Crippen LogP contribution in [0.15, 0.2) is 200 Å². The van der Waals surface area contributed by atoms with Gasteiger partial charge < -0.3 is 4.57 Å². The summed E-state index contributed by atoms with van der Waals surface area (Å²) in [4.78, 5) is 5.40. The highest BCUT2D eigenvalue weighted by Gasteiger charge is 2.39. The normalized spacial score (nSPS) is 14.8. The molecule has 3 nitrogen and oxygen atoms in total. The maximum atomic E-state index is 15.6. The molecule has 1 unspecified atom stereocenters. The first kappa shape index (κ1) is 32.2. The van der Waals surface area contributed by atoms with Crippen molar-refractivity contribution in [3.05, 3.63) is 200 Å². The van der Waals surface area contributed by atoms with Crippen molar-refractivity contribution in [2.75, 3.05) is 0 Å². The molecule has 0 saturated heterocycles. The predicted molar refractivity (Wildman–Crippen MR) is 240 cm³/mol. The smallest absolute Gasteiger partial charge is 0.175 e. The van der Waals surface area contributed by atoms with Crippen LogP contribution in [0.1, 0.15) is 0 Å². The number of rotatable bonds is 4. The van der Waals surface area contributed by atoms with Crippen molar-refractivity contribution in [1.29, 1.82) is 0 Å². The molecule has 10 aromatic carbocycles. The lowest BCUT2D eigenvalue weighted by atomic mass is 9.83. The molecule has 2 heterocycles. The molecule has 0 fully saturated rings. The van der Waals surface area contributed by atoms with Crippen molar-refractivity contribution in [1.82, 2.24) is 9.55 Å². The van der Waals surface area contributed by atoms with Crippen LogP contribution < -0.4 is 15.9 Å². The molecule has 0 amide bonds. The number of hydrogen-bond donors (Lipinski definition) is 0. The van der Waals surface area contributed by atoms with Crippen LogP contribution in [0, 0.1) is 0 Å². The Hall–Kier alpha value is -7.06. The monoisotopic (exact) mass is 744 g/mol. The summed E-state index contributed by atoms with van der Waals surface area (Å²) < 4.78 is 17.9. The fraction of sp³-hybridized carbons (Fsp3) is 0. The van der Waals surface area contributed by atoms with Crippen LogP contribution in [0.25, 0.3) is 93.5 Å². The molecule has 0 saturated carbocycles. The van der Waals surface area contributed by atoms with Crippen molar-refractivity contribution in [3.63, 3.8) is 0 Å². The topological polar surface area (TPSA) is 34.9 Å². The maximum absolute atomic E-state index is 15.6. The molecule has 12 rings (SSSR count). The summed E-state index contributed by atoms with van der Waals surface area (Å²) >= 11 is 0. The molecular formula is C53H33N2OP. The Bertz CT molecular complexity index is 3500. The molecule has 0 aliphatic carbocycles. The first-order valence-electron chi connectivity index (χ1n) is 19.4. The molecule has 1 atom stereocenters. The van der Waals surface area contributed by atoms with Gasteiger partial charge in [0.1, 0.15) is 5.82 Å². The highest BCUT2D eigenvalue weighted by Crippen LogP contribution is 2.51. The van der Waals surface area contributed by atoms with E-state index < -0.39 is 7.14 Å². The molecule has 266 valence electrons. The summed E-state index contributed by atoms with van der Waals surface area (Å²) in [6, 6.07) is 70.6. The summed E-state index contributed by atoms with van der Waals surface area (Å²) in [6.45, 7) is 0. The second kappa shape index (κ2) is 12.2. The number of benzene rings is 10. The molecule has 0 spiro atoms. The van der Waals surface area contributed by atoms with Crippen molar-refractivity contribution in [2.24, 2.45) is 0 Å². The minimum absolute atomic E-state index is 0.824. The number of para-hydroxylation sites is 2. The first-order chi connectivity index (χ1) is 28.2. The lowest BCUT2D eigenvalue weighted by molar-refractivity contribution is 0.592. The minimum Gasteiger partial charge on any atom is -0.308 e. The first-order valence-corrected chi connectivity index (χ1v) is 21.1. The van der Waals surface area contributed by atoms with Gasteiger partial charge in [-0.1, -0.05) is 170 Å². The van der Waals surface area contributed by atoms with Crippen LogP contribution in [0.3, 0.4) is 0 Å². The van der Waals surface area contributed by atoms with E-state index in [0.29, 0.717) is 0 Å². The van der Waals surface area contributed by atoms with Gasteiger partial charge >= 0.3 is 0 Å². The van der Waals surface area contributed by atoms with Crippen LogP contribution >= 0.6 is 7.14 Å². The molecule has 4 heteroatoms. The van der Waals surface area contributed by atoms with Crippen LogP contribution in [0.4, 0.5) is 0 Å². The van der Waals surface area contributed by atoms with Gasteiger partial charge in [-0.2, -0.15) is 0 Å². The van der Waals surface area contributed by atoms with E-state index in [-0.39, 0.29) is 0 Å². The van der Waals surface area contributed by atoms with Gasteiger partial charge in [0, 0.05) is 21.5 Å². The third-order valence-corrected chi connectivity index (χ3v) is 15.1. The van der Waals surface area contributed by atoms with Crippen LogP contribution in [-0.2, 0) is 4.57 Å². The second-order valence-corrected chi connectivity index (χ2v) is 17.7. The van der Waals surface area contributed by atoms with Crippen LogP contribution in [0.5, 0.6) is 0 Å². The quantitative estimate of drug-likeness (QED) is 0.133. The van der Waals surface area contributed by atoms with Crippen molar-refractivity contribution in [3.8, 4) is 39.3 Å². The Morgan fingerprint density at radius 3 is 1.65 bits per heavy atom. The second-order valence-electron chi connectivity index (χ2n) is 15.0. The molecule has 57 heavy (non-hydrogen) atoms. The fourth-order valence-corrected chi connectivity index (χ4v) is 12.6. The number of fused-ring (bicyclic) bond motifs is 6. The van der Waals surface area contributed by atoms with Crippen molar-refractivity contribution >= 4 is 77.2 Å². The van der Waals surface area contributed by atoms with Crippen LogP contribution in [0.2, 0.25) is 0 Å². The Morgan fingerprint density at radius 1 is 0.421 bits per heavy atom.